The first kappa shape index (κ1) is 9.92. The molecule has 0 saturated carbocycles. The lowest BCUT2D eigenvalue weighted by atomic mass is 9.92. The third-order valence-corrected chi connectivity index (χ3v) is 1.75. The molecule has 0 aliphatic carbocycles. The Morgan fingerprint density at radius 3 is 2.62 bits per heavy atom. The molecule has 0 atom stereocenters. The van der Waals surface area contributed by atoms with Crippen LogP contribution in [0.5, 0.6) is 0 Å². The van der Waals surface area contributed by atoms with E-state index >= 15 is 0 Å². The number of hydrogen-bond donors (Lipinski definition) is 2. The van der Waals surface area contributed by atoms with Crippen molar-refractivity contribution < 1.29 is 0 Å². The third-order valence-electron chi connectivity index (χ3n) is 1.75. The molecule has 0 fully saturated rings. The Labute approximate surface area is 77.2 Å². The number of rotatable bonds is 1. The Balaban J connectivity index is 3.24. The minimum Gasteiger partial charge on any atom is -0.324 e. The van der Waals surface area contributed by atoms with Crippen LogP contribution >= 0.6 is 0 Å². The smallest absolute Gasteiger partial charge is 0.251 e. The van der Waals surface area contributed by atoms with Crippen LogP contribution in [0.25, 0.3) is 0 Å². The van der Waals surface area contributed by atoms with Gasteiger partial charge in [-0.2, -0.15) is 0 Å². The highest BCUT2D eigenvalue weighted by Crippen LogP contribution is 2.17. The molecule has 13 heavy (non-hydrogen) atoms. The van der Waals surface area contributed by atoms with Gasteiger partial charge in [0.05, 0.1) is 12.2 Å². The van der Waals surface area contributed by atoms with E-state index in [2.05, 4.69) is 9.97 Å². The van der Waals surface area contributed by atoms with Crippen LogP contribution in [0.2, 0.25) is 0 Å². The molecule has 0 spiro atoms. The molecule has 4 heteroatoms. The van der Waals surface area contributed by atoms with E-state index in [0.717, 1.165) is 5.69 Å². The zero-order chi connectivity index (χ0) is 10.1. The molecule has 72 valence electrons. The molecule has 0 aromatic carbocycles. The van der Waals surface area contributed by atoms with Crippen LogP contribution in [-0.4, -0.2) is 9.97 Å². The van der Waals surface area contributed by atoms with Gasteiger partial charge in [-0.05, 0) is 0 Å². The number of nitrogens with two attached hydrogens (primary N) is 1. The molecule has 0 bridgehead atoms. The van der Waals surface area contributed by atoms with Gasteiger partial charge in [0.25, 0.3) is 5.56 Å². The highest BCUT2D eigenvalue weighted by molar-refractivity contribution is 5.12. The minimum atomic E-state index is -0.139. The fraction of sp³-hybridized carbons (Fsp3) is 0.556. The highest BCUT2D eigenvalue weighted by Gasteiger charge is 2.16. The largest absolute Gasteiger partial charge is 0.324 e. The van der Waals surface area contributed by atoms with Gasteiger partial charge >= 0.3 is 0 Å². The minimum absolute atomic E-state index is 0.113. The van der Waals surface area contributed by atoms with Crippen LogP contribution in [-0.2, 0) is 12.0 Å². The molecule has 0 amide bonds. The number of H-pyrrole nitrogens is 1. The Morgan fingerprint density at radius 2 is 2.15 bits per heavy atom. The van der Waals surface area contributed by atoms with Crippen LogP contribution in [0.1, 0.15) is 32.3 Å². The third kappa shape index (κ3) is 2.39. The molecule has 0 radical (unpaired) electrons. The fourth-order valence-electron chi connectivity index (χ4n) is 0.989. The summed E-state index contributed by atoms with van der Waals surface area (Å²) >= 11 is 0. The van der Waals surface area contributed by atoms with Crippen LogP contribution in [0, 0.1) is 0 Å². The van der Waals surface area contributed by atoms with Gasteiger partial charge in [-0.3, -0.25) is 4.79 Å². The molecule has 3 N–H and O–H groups in total. The zero-order valence-electron chi connectivity index (χ0n) is 8.22. The Morgan fingerprint density at radius 1 is 1.54 bits per heavy atom. The first-order valence-corrected chi connectivity index (χ1v) is 4.24. The second-order valence-corrected chi connectivity index (χ2v) is 4.03. The van der Waals surface area contributed by atoms with Crippen LogP contribution in [0.15, 0.2) is 10.9 Å². The van der Waals surface area contributed by atoms with Crippen LogP contribution < -0.4 is 11.3 Å². The lowest BCUT2D eigenvalue weighted by Crippen LogP contribution is -2.22. The summed E-state index contributed by atoms with van der Waals surface area (Å²) in [6.07, 6.45) is 0. The summed E-state index contributed by atoms with van der Waals surface area (Å²) in [5, 5.41) is 0. The van der Waals surface area contributed by atoms with E-state index in [9.17, 15) is 4.79 Å². The lowest BCUT2D eigenvalue weighted by Gasteiger charge is -2.17. The van der Waals surface area contributed by atoms with Gasteiger partial charge in [0.15, 0.2) is 0 Å². The maximum atomic E-state index is 11.2. The standard InChI is InChI=1S/C9H15N3O/c1-9(2,3)6-4-8(13)12-7(5-10)11-6/h4H,5,10H2,1-3H3,(H,11,12,13). The topological polar surface area (TPSA) is 71.8 Å². The maximum Gasteiger partial charge on any atom is 0.251 e. The van der Waals surface area contributed by atoms with Crippen molar-refractivity contribution in [2.24, 2.45) is 5.73 Å². The summed E-state index contributed by atoms with van der Waals surface area (Å²) in [6.45, 7) is 6.29. The van der Waals surface area contributed by atoms with Gasteiger partial charge in [-0.15, -0.1) is 0 Å². The van der Waals surface area contributed by atoms with Crippen molar-refractivity contribution in [3.8, 4) is 0 Å². The quantitative estimate of drug-likeness (QED) is 0.663. The molecular weight excluding hydrogens is 166 g/mol. The Hall–Kier alpha value is -1.16. The first-order chi connectivity index (χ1) is 5.93. The van der Waals surface area contributed by atoms with Crippen molar-refractivity contribution >= 4 is 0 Å². The summed E-state index contributed by atoms with van der Waals surface area (Å²) in [4.78, 5) is 18.0. The van der Waals surface area contributed by atoms with Crippen LogP contribution in [0.3, 0.4) is 0 Å². The van der Waals surface area contributed by atoms with Crippen LogP contribution in [0.4, 0.5) is 0 Å². The van der Waals surface area contributed by atoms with Crippen molar-refractivity contribution in [3.05, 3.63) is 27.9 Å². The molecule has 1 aromatic heterocycles. The van der Waals surface area contributed by atoms with Crippen molar-refractivity contribution in [1.82, 2.24) is 9.97 Å². The summed E-state index contributed by atoms with van der Waals surface area (Å²) in [6, 6.07) is 1.51. The second-order valence-electron chi connectivity index (χ2n) is 4.03. The van der Waals surface area contributed by atoms with Gasteiger partial charge in [0.2, 0.25) is 0 Å². The second kappa shape index (κ2) is 3.30. The molecule has 0 saturated heterocycles. The average Bonchev–Trinajstić information content (AvgIpc) is 2.01. The highest BCUT2D eigenvalue weighted by atomic mass is 16.1. The van der Waals surface area contributed by atoms with E-state index in [1.54, 1.807) is 0 Å². The average molecular weight is 181 g/mol. The van der Waals surface area contributed by atoms with E-state index in [0.29, 0.717) is 5.82 Å². The molecule has 0 aliphatic rings. The van der Waals surface area contributed by atoms with Crippen molar-refractivity contribution in [2.75, 3.05) is 0 Å². The molecule has 1 aromatic rings. The van der Waals surface area contributed by atoms with Crippen molar-refractivity contribution in [2.45, 2.75) is 32.7 Å². The summed E-state index contributed by atoms with van der Waals surface area (Å²) in [5.41, 5.74) is 5.92. The Bertz CT molecular complexity index is 349. The van der Waals surface area contributed by atoms with Crippen molar-refractivity contribution in [3.63, 3.8) is 0 Å². The lowest BCUT2D eigenvalue weighted by molar-refractivity contribution is 0.560. The summed E-state index contributed by atoms with van der Waals surface area (Å²) < 4.78 is 0. The van der Waals surface area contributed by atoms with E-state index in [1.165, 1.54) is 6.07 Å². The van der Waals surface area contributed by atoms with E-state index in [-0.39, 0.29) is 17.5 Å². The zero-order valence-corrected chi connectivity index (χ0v) is 8.22. The van der Waals surface area contributed by atoms with Gasteiger partial charge in [-0.1, -0.05) is 20.8 Å². The van der Waals surface area contributed by atoms with Gasteiger partial charge < -0.3 is 10.7 Å². The number of aromatic amines is 1. The fourth-order valence-corrected chi connectivity index (χ4v) is 0.989. The van der Waals surface area contributed by atoms with Gasteiger partial charge in [0, 0.05) is 11.5 Å². The Kier molecular flexibility index (Phi) is 2.52. The SMILES string of the molecule is CC(C)(C)c1cc(=O)[nH]c(CN)n1. The molecule has 0 unspecified atom stereocenters. The van der Waals surface area contributed by atoms with Gasteiger partial charge in [0.1, 0.15) is 5.82 Å². The molecular formula is C9H15N3O. The predicted octanol–water partition coefficient (Wildman–Crippen LogP) is 0.526. The van der Waals surface area contributed by atoms with E-state index < -0.39 is 0 Å². The number of hydrogen-bond acceptors (Lipinski definition) is 3. The summed E-state index contributed by atoms with van der Waals surface area (Å²) in [7, 11) is 0. The number of aromatic nitrogens is 2. The van der Waals surface area contributed by atoms with Crippen molar-refractivity contribution in [1.29, 1.82) is 0 Å². The van der Waals surface area contributed by atoms with E-state index in [4.69, 9.17) is 5.73 Å². The maximum absolute atomic E-state index is 11.2. The molecule has 4 nitrogen and oxygen atoms in total. The first-order valence-electron chi connectivity index (χ1n) is 4.24. The predicted molar refractivity (Wildman–Crippen MR) is 51.4 cm³/mol. The molecule has 0 aliphatic heterocycles. The van der Waals surface area contributed by atoms with Gasteiger partial charge in [-0.25, -0.2) is 4.98 Å². The van der Waals surface area contributed by atoms with E-state index in [1.807, 2.05) is 20.8 Å². The number of nitrogens with zero attached hydrogens (tertiary/aromatic N) is 1. The summed E-state index contributed by atoms with van der Waals surface area (Å²) in [5.74, 6) is 0.539. The number of nitrogens with one attached hydrogen (secondary N) is 1. The molecule has 1 heterocycles. The monoisotopic (exact) mass is 181 g/mol. The molecule has 1 rings (SSSR count). The normalized spacial score (nSPS) is 11.7.